The van der Waals surface area contributed by atoms with E-state index >= 15 is 0 Å². The molecular formula is C12H22N2OS. The van der Waals surface area contributed by atoms with Gasteiger partial charge < -0.3 is 10.5 Å². The molecule has 0 saturated heterocycles. The van der Waals surface area contributed by atoms with Crippen molar-refractivity contribution >= 4 is 11.3 Å². The highest BCUT2D eigenvalue weighted by Gasteiger charge is 2.22. The normalized spacial score (nSPS) is 12.1. The van der Waals surface area contributed by atoms with E-state index in [2.05, 4.69) is 32.7 Å². The van der Waals surface area contributed by atoms with Gasteiger partial charge in [-0.3, -0.25) is 0 Å². The zero-order valence-electron chi connectivity index (χ0n) is 10.7. The van der Waals surface area contributed by atoms with Gasteiger partial charge in [0.2, 0.25) is 0 Å². The molecule has 0 bridgehead atoms. The number of thiazole rings is 1. The topological polar surface area (TPSA) is 48.1 Å². The highest BCUT2D eigenvalue weighted by molar-refractivity contribution is 7.11. The van der Waals surface area contributed by atoms with Gasteiger partial charge in [0.15, 0.2) is 0 Å². The molecule has 0 radical (unpaired) electrons. The van der Waals surface area contributed by atoms with E-state index in [0.717, 1.165) is 23.7 Å². The summed E-state index contributed by atoms with van der Waals surface area (Å²) in [7, 11) is 0. The maximum atomic E-state index is 5.75. The highest BCUT2D eigenvalue weighted by Crippen LogP contribution is 2.29. The molecule has 0 unspecified atom stereocenters. The van der Waals surface area contributed by atoms with E-state index in [4.69, 9.17) is 10.5 Å². The van der Waals surface area contributed by atoms with Crippen LogP contribution in [0.4, 0.5) is 0 Å². The van der Waals surface area contributed by atoms with Crippen molar-refractivity contribution < 1.29 is 4.74 Å². The summed E-state index contributed by atoms with van der Waals surface area (Å²) in [6.45, 7) is 10.6. The molecule has 0 aliphatic rings. The second kappa shape index (κ2) is 5.75. The third-order valence-corrected chi connectivity index (χ3v) is 3.26. The Morgan fingerprint density at radius 1 is 1.38 bits per heavy atom. The lowest BCUT2D eigenvalue weighted by molar-refractivity contribution is 0.121. The number of hydrogen-bond donors (Lipinski definition) is 1. The van der Waals surface area contributed by atoms with Gasteiger partial charge in [-0.2, -0.15) is 0 Å². The van der Waals surface area contributed by atoms with Crippen LogP contribution in [0.25, 0.3) is 0 Å². The maximum Gasteiger partial charge on any atom is 0.119 e. The number of nitrogens with zero attached hydrogens (tertiary/aromatic N) is 1. The van der Waals surface area contributed by atoms with Crippen molar-refractivity contribution in [3.63, 3.8) is 0 Å². The van der Waals surface area contributed by atoms with Gasteiger partial charge >= 0.3 is 0 Å². The van der Waals surface area contributed by atoms with Crippen LogP contribution >= 0.6 is 11.3 Å². The van der Waals surface area contributed by atoms with E-state index in [9.17, 15) is 0 Å². The van der Waals surface area contributed by atoms with Crippen molar-refractivity contribution in [2.45, 2.75) is 52.7 Å². The van der Waals surface area contributed by atoms with Crippen LogP contribution in [0.15, 0.2) is 0 Å². The molecule has 0 spiro atoms. The second-order valence-electron chi connectivity index (χ2n) is 4.89. The van der Waals surface area contributed by atoms with Crippen molar-refractivity contribution in [1.29, 1.82) is 0 Å². The lowest BCUT2D eigenvalue weighted by atomic mass is 9.91. The van der Waals surface area contributed by atoms with Crippen molar-refractivity contribution in [2.75, 3.05) is 6.61 Å². The highest BCUT2D eigenvalue weighted by atomic mass is 32.1. The molecule has 0 aromatic carbocycles. The number of hydrogen-bond acceptors (Lipinski definition) is 4. The summed E-state index contributed by atoms with van der Waals surface area (Å²) < 4.78 is 5.50. The summed E-state index contributed by atoms with van der Waals surface area (Å²) in [4.78, 5) is 5.82. The van der Waals surface area contributed by atoms with Gasteiger partial charge in [-0.15, -0.1) is 11.3 Å². The van der Waals surface area contributed by atoms with Gasteiger partial charge in [-0.25, -0.2) is 4.98 Å². The fraction of sp³-hybridized carbons (Fsp3) is 0.750. The minimum absolute atomic E-state index is 0.0637. The van der Waals surface area contributed by atoms with Crippen LogP contribution in [0, 0.1) is 0 Å². The van der Waals surface area contributed by atoms with Gasteiger partial charge in [-0.05, 0) is 6.42 Å². The summed E-state index contributed by atoms with van der Waals surface area (Å²) in [6, 6.07) is 0. The lowest BCUT2D eigenvalue weighted by Gasteiger charge is -2.16. The van der Waals surface area contributed by atoms with E-state index < -0.39 is 0 Å². The van der Waals surface area contributed by atoms with Gasteiger partial charge in [0.1, 0.15) is 5.01 Å². The molecule has 4 heteroatoms. The molecule has 1 heterocycles. The molecule has 2 N–H and O–H groups in total. The fourth-order valence-electron chi connectivity index (χ4n) is 1.49. The van der Waals surface area contributed by atoms with E-state index in [1.54, 1.807) is 11.3 Å². The van der Waals surface area contributed by atoms with Crippen molar-refractivity contribution in [2.24, 2.45) is 5.73 Å². The molecule has 16 heavy (non-hydrogen) atoms. The van der Waals surface area contributed by atoms with Crippen LogP contribution in [0.3, 0.4) is 0 Å². The lowest BCUT2D eigenvalue weighted by Crippen LogP contribution is -2.15. The Hall–Kier alpha value is -0.450. The number of rotatable bonds is 5. The molecule has 0 aliphatic heterocycles. The Balaban J connectivity index is 2.78. The van der Waals surface area contributed by atoms with E-state index in [1.165, 1.54) is 4.88 Å². The molecule has 0 amide bonds. The first-order valence-electron chi connectivity index (χ1n) is 5.76. The fourth-order valence-corrected chi connectivity index (χ4v) is 2.59. The van der Waals surface area contributed by atoms with Crippen LogP contribution in [0.2, 0.25) is 0 Å². The summed E-state index contributed by atoms with van der Waals surface area (Å²) in [6.07, 6.45) is 1.04. The molecular weight excluding hydrogens is 220 g/mol. The van der Waals surface area contributed by atoms with Gasteiger partial charge in [0.25, 0.3) is 0 Å². The van der Waals surface area contributed by atoms with Crippen LogP contribution < -0.4 is 5.73 Å². The Labute approximate surface area is 102 Å². The Bertz CT molecular complexity index is 328. The molecule has 3 nitrogen and oxygen atoms in total. The first kappa shape index (κ1) is 13.6. The predicted molar refractivity (Wildman–Crippen MR) is 68.7 cm³/mol. The minimum atomic E-state index is 0.0637. The molecule has 1 aromatic rings. The van der Waals surface area contributed by atoms with Gasteiger partial charge in [0, 0.05) is 23.4 Å². The molecule has 0 saturated carbocycles. The Morgan fingerprint density at radius 3 is 2.50 bits per heavy atom. The third-order valence-electron chi connectivity index (χ3n) is 2.21. The molecule has 0 fully saturated rings. The summed E-state index contributed by atoms with van der Waals surface area (Å²) >= 11 is 1.68. The Kier molecular flexibility index (Phi) is 4.89. The SMILES string of the molecule is CCCOCc1nc(C(C)(C)C)c(CN)s1. The molecule has 0 aliphatic carbocycles. The van der Waals surface area contributed by atoms with Gasteiger partial charge in [-0.1, -0.05) is 27.7 Å². The van der Waals surface area contributed by atoms with Crippen LogP contribution in [0.5, 0.6) is 0 Å². The molecule has 1 aromatic heterocycles. The average molecular weight is 242 g/mol. The number of ether oxygens (including phenoxy) is 1. The van der Waals surface area contributed by atoms with Gasteiger partial charge in [0.05, 0.1) is 12.3 Å². The first-order chi connectivity index (χ1) is 7.49. The summed E-state index contributed by atoms with van der Waals surface area (Å²) in [5, 5.41) is 1.04. The van der Waals surface area contributed by atoms with Crippen molar-refractivity contribution in [3.8, 4) is 0 Å². The smallest absolute Gasteiger partial charge is 0.119 e. The standard InChI is InChI=1S/C12H22N2OS/c1-5-6-15-8-10-14-11(12(2,3)4)9(7-13)16-10/h5-8,13H2,1-4H3. The van der Waals surface area contributed by atoms with E-state index in [1.807, 2.05) is 0 Å². The van der Waals surface area contributed by atoms with E-state index in [0.29, 0.717) is 13.2 Å². The minimum Gasteiger partial charge on any atom is -0.374 e. The Morgan fingerprint density at radius 2 is 2.06 bits per heavy atom. The molecule has 0 atom stereocenters. The largest absolute Gasteiger partial charge is 0.374 e. The third kappa shape index (κ3) is 3.54. The average Bonchev–Trinajstić information content (AvgIpc) is 2.61. The molecule has 92 valence electrons. The molecule has 1 rings (SSSR count). The number of aromatic nitrogens is 1. The first-order valence-corrected chi connectivity index (χ1v) is 6.57. The maximum absolute atomic E-state index is 5.75. The van der Waals surface area contributed by atoms with E-state index in [-0.39, 0.29) is 5.41 Å². The van der Waals surface area contributed by atoms with Crippen LogP contribution in [0.1, 0.15) is 49.7 Å². The van der Waals surface area contributed by atoms with Crippen LogP contribution in [-0.4, -0.2) is 11.6 Å². The predicted octanol–water partition coefficient (Wildman–Crippen LogP) is 2.83. The zero-order chi connectivity index (χ0) is 12.2. The summed E-state index contributed by atoms with van der Waals surface area (Å²) in [5.41, 5.74) is 6.93. The van der Waals surface area contributed by atoms with Crippen LogP contribution in [-0.2, 0) is 23.3 Å². The quantitative estimate of drug-likeness (QED) is 0.808. The van der Waals surface area contributed by atoms with Crippen molar-refractivity contribution in [1.82, 2.24) is 4.98 Å². The van der Waals surface area contributed by atoms with Crippen molar-refractivity contribution in [3.05, 3.63) is 15.6 Å². The monoisotopic (exact) mass is 242 g/mol. The second-order valence-corrected chi connectivity index (χ2v) is 6.05. The number of nitrogens with two attached hydrogens (primary N) is 1. The summed E-state index contributed by atoms with van der Waals surface area (Å²) in [5.74, 6) is 0. The zero-order valence-corrected chi connectivity index (χ0v) is 11.5.